The normalized spacial score (nSPS) is 26.9. The van der Waals surface area contributed by atoms with E-state index >= 15 is 0 Å². The highest BCUT2D eigenvalue weighted by molar-refractivity contribution is 5.84. The van der Waals surface area contributed by atoms with Crippen LogP contribution in [0.5, 0.6) is 0 Å². The fraction of sp³-hybridized carbons (Fsp3) is 0.615. The third kappa shape index (κ3) is 3.20. The minimum Gasteiger partial charge on any atom is -0.476 e. The molecule has 6 nitrogen and oxygen atoms in total. The Bertz CT molecular complexity index is 449. The first kappa shape index (κ1) is 13.7. The molecule has 0 saturated heterocycles. The lowest BCUT2D eigenvalue weighted by Gasteiger charge is -2.39. The largest absolute Gasteiger partial charge is 0.476 e. The Morgan fingerprint density at radius 1 is 1.53 bits per heavy atom. The molecule has 1 aliphatic rings. The van der Waals surface area contributed by atoms with Crippen molar-refractivity contribution in [2.24, 2.45) is 5.92 Å². The van der Waals surface area contributed by atoms with Crippen molar-refractivity contribution >= 4 is 11.8 Å². The first-order valence-electron chi connectivity index (χ1n) is 6.49. The number of nitrogens with one attached hydrogen (secondary N) is 1. The molecule has 1 fully saturated rings. The van der Waals surface area contributed by atoms with E-state index < -0.39 is 5.97 Å². The highest BCUT2D eigenvalue weighted by Crippen LogP contribution is 2.34. The number of aromatic nitrogens is 2. The van der Waals surface area contributed by atoms with Crippen LogP contribution >= 0.6 is 0 Å². The number of aliphatic hydroxyl groups excluding tert-OH is 1. The molecule has 19 heavy (non-hydrogen) atoms. The summed E-state index contributed by atoms with van der Waals surface area (Å²) in [5.41, 5.74) is -0.447. The fourth-order valence-corrected chi connectivity index (χ4v) is 2.73. The summed E-state index contributed by atoms with van der Waals surface area (Å²) < 4.78 is 0. The molecule has 0 aromatic carbocycles. The highest BCUT2D eigenvalue weighted by Gasteiger charge is 2.34. The Balaban J connectivity index is 2.11. The van der Waals surface area contributed by atoms with Crippen LogP contribution in [0.25, 0.3) is 0 Å². The summed E-state index contributed by atoms with van der Waals surface area (Å²) in [6.45, 7) is 2.21. The monoisotopic (exact) mass is 265 g/mol. The minimum absolute atomic E-state index is 0.0414. The molecule has 1 aliphatic carbocycles. The molecule has 1 aromatic heterocycles. The molecular weight excluding hydrogens is 246 g/mol. The summed E-state index contributed by atoms with van der Waals surface area (Å²) in [4.78, 5) is 18.6. The summed E-state index contributed by atoms with van der Waals surface area (Å²) in [6.07, 6.45) is 6.63. The van der Waals surface area contributed by atoms with E-state index in [0.29, 0.717) is 11.7 Å². The quantitative estimate of drug-likeness (QED) is 0.764. The van der Waals surface area contributed by atoms with Gasteiger partial charge in [-0.2, -0.15) is 0 Å². The van der Waals surface area contributed by atoms with E-state index in [1.807, 2.05) is 0 Å². The van der Waals surface area contributed by atoms with Crippen molar-refractivity contribution in [1.82, 2.24) is 9.97 Å². The lowest BCUT2D eigenvalue weighted by atomic mass is 9.77. The van der Waals surface area contributed by atoms with Crippen LogP contribution < -0.4 is 5.32 Å². The number of rotatable bonds is 4. The molecule has 0 aliphatic heterocycles. The molecule has 3 N–H and O–H groups in total. The van der Waals surface area contributed by atoms with Gasteiger partial charge in [0.15, 0.2) is 5.69 Å². The molecule has 104 valence electrons. The van der Waals surface area contributed by atoms with E-state index in [1.54, 1.807) is 0 Å². The van der Waals surface area contributed by atoms with Gasteiger partial charge < -0.3 is 15.5 Å². The lowest BCUT2D eigenvalue weighted by molar-refractivity contribution is 0.0690. The molecule has 0 bridgehead atoms. The van der Waals surface area contributed by atoms with Crippen molar-refractivity contribution < 1.29 is 15.0 Å². The number of carboxylic acid groups (broad SMARTS) is 1. The van der Waals surface area contributed by atoms with Crippen molar-refractivity contribution in [3.8, 4) is 0 Å². The number of carbonyl (C=O) groups is 1. The number of hydrogen-bond acceptors (Lipinski definition) is 5. The molecule has 2 atom stereocenters. The fourth-order valence-electron chi connectivity index (χ4n) is 2.73. The van der Waals surface area contributed by atoms with E-state index in [9.17, 15) is 9.90 Å². The van der Waals surface area contributed by atoms with Gasteiger partial charge in [0.1, 0.15) is 5.82 Å². The van der Waals surface area contributed by atoms with Crippen LogP contribution in [0.4, 0.5) is 5.82 Å². The molecule has 1 heterocycles. The summed E-state index contributed by atoms with van der Waals surface area (Å²) in [5, 5.41) is 21.6. The van der Waals surface area contributed by atoms with Gasteiger partial charge in [-0.15, -0.1) is 0 Å². The Morgan fingerprint density at radius 3 is 2.84 bits per heavy atom. The van der Waals surface area contributed by atoms with Gasteiger partial charge in [0, 0.05) is 0 Å². The van der Waals surface area contributed by atoms with Crippen LogP contribution in [0.2, 0.25) is 0 Å². The van der Waals surface area contributed by atoms with Gasteiger partial charge in [-0.25, -0.2) is 14.8 Å². The average molecular weight is 265 g/mol. The number of aliphatic hydroxyl groups is 1. The summed E-state index contributed by atoms with van der Waals surface area (Å²) >= 11 is 0. The second-order valence-electron chi connectivity index (χ2n) is 5.36. The van der Waals surface area contributed by atoms with Gasteiger partial charge in [-0.3, -0.25) is 0 Å². The van der Waals surface area contributed by atoms with E-state index in [2.05, 4.69) is 22.2 Å². The van der Waals surface area contributed by atoms with E-state index in [-0.39, 0.29) is 17.8 Å². The standard InChI is InChI=1S/C13H19N3O3/c1-9-3-2-4-13(5-9,8-17)16-11-7-14-10(6-15-11)12(18)19/h6-7,9,17H,2-5,8H2,1H3,(H,15,16)(H,18,19). The molecule has 2 rings (SSSR count). The van der Waals surface area contributed by atoms with Crippen LogP contribution in [-0.2, 0) is 0 Å². The molecule has 0 amide bonds. The zero-order valence-electron chi connectivity index (χ0n) is 11.0. The third-order valence-corrected chi connectivity index (χ3v) is 3.66. The van der Waals surface area contributed by atoms with Gasteiger partial charge in [0.2, 0.25) is 0 Å². The maximum Gasteiger partial charge on any atom is 0.356 e. The molecular formula is C13H19N3O3. The predicted octanol–water partition coefficient (Wildman–Crippen LogP) is 1.53. The lowest BCUT2D eigenvalue weighted by Crippen LogP contribution is -2.46. The van der Waals surface area contributed by atoms with Crippen molar-refractivity contribution in [2.75, 3.05) is 11.9 Å². The van der Waals surface area contributed by atoms with Crippen LogP contribution in [-0.4, -0.2) is 38.3 Å². The molecule has 0 radical (unpaired) electrons. The predicted molar refractivity (Wildman–Crippen MR) is 70.1 cm³/mol. The van der Waals surface area contributed by atoms with E-state index in [0.717, 1.165) is 19.3 Å². The van der Waals surface area contributed by atoms with Gasteiger partial charge in [-0.05, 0) is 18.8 Å². The Hall–Kier alpha value is -1.69. The van der Waals surface area contributed by atoms with E-state index in [1.165, 1.54) is 18.8 Å². The number of anilines is 1. The Kier molecular flexibility index (Phi) is 3.99. The highest BCUT2D eigenvalue weighted by atomic mass is 16.4. The maximum atomic E-state index is 10.7. The first-order chi connectivity index (χ1) is 9.04. The second-order valence-corrected chi connectivity index (χ2v) is 5.36. The number of nitrogens with zero attached hydrogens (tertiary/aromatic N) is 2. The summed E-state index contributed by atoms with van der Waals surface area (Å²) in [5.74, 6) is -0.0324. The first-order valence-corrected chi connectivity index (χ1v) is 6.49. The van der Waals surface area contributed by atoms with Crippen LogP contribution in [0.3, 0.4) is 0 Å². The minimum atomic E-state index is -1.10. The van der Waals surface area contributed by atoms with Crippen molar-refractivity contribution in [3.63, 3.8) is 0 Å². The number of carboxylic acids is 1. The van der Waals surface area contributed by atoms with Gasteiger partial charge in [0.25, 0.3) is 0 Å². The van der Waals surface area contributed by atoms with Crippen molar-refractivity contribution in [2.45, 2.75) is 38.1 Å². The second kappa shape index (κ2) is 5.52. The molecule has 0 spiro atoms. The van der Waals surface area contributed by atoms with Gasteiger partial charge >= 0.3 is 5.97 Å². The average Bonchev–Trinajstić information content (AvgIpc) is 2.39. The number of aromatic carboxylic acids is 1. The van der Waals surface area contributed by atoms with Crippen LogP contribution in [0.1, 0.15) is 43.1 Å². The zero-order chi connectivity index (χ0) is 13.9. The zero-order valence-corrected chi connectivity index (χ0v) is 11.0. The molecule has 1 aromatic rings. The Morgan fingerprint density at radius 2 is 2.32 bits per heavy atom. The maximum absolute atomic E-state index is 10.7. The third-order valence-electron chi connectivity index (χ3n) is 3.66. The molecule has 6 heteroatoms. The SMILES string of the molecule is CC1CCCC(CO)(Nc2cnc(C(=O)O)cn2)C1. The van der Waals surface area contributed by atoms with Crippen molar-refractivity contribution in [3.05, 3.63) is 18.1 Å². The van der Waals surface area contributed by atoms with Crippen LogP contribution in [0, 0.1) is 5.92 Å². The smallest absolute Gasteiger partial charge is 0.356 e. The van der Waals surface area contributed by atoms with Gasteiger partial charge in [0.05, 0.1) is 24.5 Å². The number of hydrogen-bond donors (Lipinski definition) is 3. The molecule has 1 saturated carbocycles. The van der Waals surface area contributed by atoms with Crippen LogP contribution in [0.15, 0.2) is 12.4 Å². The van der Waals surface area contributed by atoms with E-state index in [4.69, 9.17) is 5.11 Å². The topological polar surface area (TPSA) is 95.3 Å². The summed E-state index contributed by atoms with van der Waals surface area (Å²) in [6, 6.07) is 0. The molecule has 2 unspecified atom stereocenters. The Labute approximate surface area is 111 Å². The summed E-state index contributed by atoms with van der Waals surface area (Å²) in [7, 11) is 0. The van der Waals surface area contributed by atoms with Crippen molar-refractivity contribution in [1.29, 1.82) is 0 Å². The van der Waals surface area contributed by atoms with Gasteiger partial charge in [-0.1, -0.05) is 19.8 Å².